The first-order chi connectivity index (χ1) is 17.4. The van der Waals surface area contributed by atoms with Crippen LogP contribution in [0.3, 0.4) is 0 Å². The lowest BCUT2D eigenvalue weighted by atomic mass is 9.81. The van der Waals surface area contributed by atoms with E-state index in [0.29, 0.717) is 47.4 Å². The summed E-state index contributed by atoms with van der Waals surface area (Å²) in [6, 6.07) is 10.4. The molecule has 2 saturated carbocycles. The lowest BCUT2D eigenvalue weighted by molar-refractivity contribution is -0.120. The van der Waals surface area contributed by atoms with Crippen molar-refractivity contribution in [3.05, 3.63) is 59.4 Å². The van der Waals surface area contributed by atoms with Crippen molar-refractivity contribution >= 4 is 29.1 Å². The van der Waals surface area contributed by atoms with Crippen molar-refractivity contribution in [1.82, 2.24) is 5.32 Å². The summed E-state index contributed by atoms with van der Waals surface area (Å²) in [5.41, 5.74) is 7.96. The minimum atomic E-state index is -0.554. The van der Waals surface area contributed by atoms with E-state index >= 15 is 0 Å². The highest BCUT2D eigenvalue weighted by Crippen LogP contribution is 2.43. The number of hydrogen-bond acceptors (Lipinski definition) is 4. The fourth-order valence-corrected chi connectivity index (χ4v) is 5.52. The highest BCUT2D eigenvalue weighted by Gasteiger charge is 2.40. The number of nitrogens with zero attached hydrogens (tertiary/aromatic N) is 1. The van der Waals surface area contributed by atoms with Crippen LogP contribution in [0.4, 0.5) is 15.8 Å². The Balaban J connectivity index is 1.40. The van der Waals surface area contributed by atoms with Crippen LogP contribution in [0.15, 0.2) is 42.5 Å². The van der Waals surface area contributed by atoms with E-state index in [2.05, 4.69) is 10.6 Å². The molecule has 7 nitrogen and oxygen atoms in total. The molecule has 3 aliphatic rings. The summed E-state index contributed by atoms with van der Waals surface area (Å²) in [5, 5.41) is 5.93. The van der Waals surface area contributed by atoms with E-state index in [1.54, 1.807) is 35.2 Å². The topological polar surface area (TPSA) is 105 Å². The third-order valence-electron chi connectivity index (χ3n) is 7.68. The van der Waals surface area contributed by atoms with Gasteiger partial charge in [0.1, 0.15) is 5.82 Å². The van der Waals surface area contributed by atoms with E-state index < -0.39 is 6.04 Å². The molecule has 2 fully saturated rings. The van der Waals surface area contributed by atoms with Crippen molar-refractivity contribution in [2.75, 3.05) is 23.3 Å². The standard InChI is InChI=1S/C28H33FN4O3/c29-22-9-6-19(7-10-22)25-14-26(34)32-23-13-21(8-11-24(23)33(25)28(36)20-4-5-20)27(35)31-16-18-3-1-2-17(12-18)15-30/h6-11,13,17-18,20,25H,1-5,12,14-16,30H2,(H,31,35)(H,32,34). The quantitative estimate of drug-likeness (QED) is 0.564. The number of anilines is 2. The zero-order chi connectivity index (χ0) is 25.2. The van der Waals surface area contributed by atoms with Crippen LogP contribution >= 0.6 is 0 Å². The maximum Gasteiger partial charge on any atom is 0.251 e. The molecule has 190 valence electrons. The largest absolute Gasteiger partial charge is 0.352 e. The van der Waals surface area contributed by atoms with Gasteiger partial charge in [0, 0.05) is 18.0 Å². The molecule has 36 heavy (non-hydrogen) atoms. The number of hydrogen-bond donors (Lipinski definition) is 3. The first-order valence-corrected chi connectivity index (χ1v) is 12.9. The van der Waals surface area contributed by atoms with Crippen molar-refractivity contribution in [2.24, 2.45) is 23.5 Å². The lowest BCUT2D eigenvalue weighted by Crippen LogP contribution is -2.36. The monoisotopic (exact) mass is 492 g/mol. The second-order valence-electron chi connectivity index (χ2n) is 10.4. The summed E-state index contributed by atoms with van der Waals surface area (Å²) in [4.78, 5) is 40.9. The van der Waals surface area contributed by atoms with Gasteiger partial charge in [-0.25, -0.2) is 4.39 Å². The molecule has 8 heteroatoms. The van der Waals surface area contributed by atoms with Crippen LogP contribution in [0.5, 0.6) is 0 Å². The van der Waals surface area contributed by atoms with Gasteiger partial charge in [-0.15, -0.1) is 0 Å². The molecule has 3 atom stereocenters. The van der Waals surface area contributed by atoms with Crippen LogP contribution in [0, 0.1) is 23.6 Å². The summed E-state index contributed by atoms with van der Waals surface area (Å²) < 4.78 is 13.6. The average Bonchev–Trinajstić information content (AvgIpc) is 3.74. The molecular formula is C28H33FN4O3. The van der Waals surface area contributed by atoms with E-state index in [-0.39, 0.29) is 35.9 Å². The summed E-state index contributed by atoms with van der Waals surface area (Å²) in [7, 11) is 0. The number of carbonyl (C=O) groups excluding carboxylic acids is 3. The Morgan fingerprint density at radius 2 is 1.81 bits per heavy atom. The smallest absolute Gasteiger partial charge is 0.251 e. The molecular weight excluding hydrogens is 459 g/mol. The average molecular weight is 493 g/mol. The Hall–Kier alpha value is -3.26. The molecule has 0 aromatic heterocycles. The maximum absolute atomic E-state index is 13.6. The lowest BCUT2D eigenvalue weighted by Gasteiger charge is -2.31. The molecule has 5 rings (SSSR count). The van der Waals surface area contributed by atoms with Gasteiger partial charge < -0.3 is 21.3 Å². The van der Waals surface area contributed by atoms with E-state index in [1.165, 1.54) is 12.1 Å². The van der Waals surface area contributed by atoms with E-state index in [1.807, 2.05) is 0 Å². The van der Waals surface area contributed by atoms with Crippen LogP contribution in [0.1, 0.15) is 66.9 Å². The molecule has 0 spiro atoms. The number of carbonyl (C=O) groups is 3. The molecule has 0 saturated heterocycles. The molecule has 0 bridgehead atoms. The van der Waals surface area contributed by atoms with Crippen molar-refractivity contribution in [2.45, 2.75) is 51.0 Å². The zero-order valence-electron chi connectivity index (χ0n) is 20.3. The molecule has 2 aromatic carbocycles. The van der Waals surface area contributed by atoms with Crippen molar-refractivity contribution in [3.63, 3.8) is 0 Å². The van der Waals surface area contributed by atoms with Gasteiger partial charge in [-0.2, -0.15) is 0 Å². The number of rotatable bonds is 6. The van der Waals surface area contributed by atoms with E-state index in [9.17, 15) is 18.8 Å². The molecule has 1 heterocycles. The number of benzene rings is 2. The Morgan fingerprint density at radius 3 is 2.53 bits per heavy atom. The van der Waals surface area contributed by atoms with Crippen LogP contribution in [-0.4, -0.2) is 30.8 Å². The van der Waals surface area contributed by atoms with Gasteiger partial charge in [0.05, 0.1) is 23.8 Å². The number of halogens is 1. The summed E-state index contributed by atoms with van der Waals surface area (Å²) in [6.07, 6.45) is 6.07. The molecule has 2 aromatic rings. The zero-order valence-corrected chi connectivity index (χ0v) is 20.3. The van der Waals surface area contributed by atoms with Gasteiger partial charge >= 0.3 is 0 Å². The number of fused-ring (bicyclic) bond motifs is 1. The van der Waals surface area contributed by atoms with Gasteiger partial charge in [-0.3, -0.25) is 14.4 Å². The predicted octanol–water partition coefficient (Wildman–Crippen LogP) is 4.15. The highest BCUT2D eigenvalue weighted by molar-refractivity contribution is 6.07. The van der Waals surface area contributed by atoms with Crippen molar-refractivity contribution in [3.8, 4) is 0 Å². The van der Waals surface area contributed by atoms with Gasteiger partial charge in [0.15, 0.2) is 0 Å². The first kappa shape index (κ1) is 24.4. The normalized spacial score (nSPS) is 23.9. The van der Waals surface area contributed by atoms with Gasteiger partial charge in [0.25, 0.3) is 5.91 Å². The summed E-state index contributed by atoms with van der Waals surface area (Å²) in [6.45, 7) is 1.28. The van der Waals surface area contributed by atoms with E-state index in [4.69, 9.17) is 5.73 Å². The minimum Gasteiger partial charge on any atom is -0.352 e. The number of nitrogens with two attached hydrogens (primary N) is 1. The fraction of sp³-hybridized carbons (Fsp3) is 0.464. The second-order valence-corrected chi connectivity index (χ2v) is 10.4. The SMILES string of the molecule is NCC1CCCC(CNC(=O)c2ccc3c(c2)NC(=O)CC(c2ccc(F)cc2)N3C(=O)C2CC2)C1. The first-order valence-electron chi connectivity index (χ1n) is 12.9. The predicted molar refractivity (Wildman–Crippen MR) is 136 cm³/mol. The van der Waals surface area contributed by atoms with Crippen LogP contribution in [-0.2, 0) is 9.59 Å². The molecule has 1 aliphatic heterocycles. The summed E-state index contributed by atoms with van der Waals surface area (Å²) in [5.74, 6) is -0.0338. The molecule has 0 radical (unpaired) electrons. The number of nitrogens with one attached hydrogen (secondary N) is 2. The van der Waals surface area contributed by atoms with Gasteiger partial charge in [-0.1, -0.05) is 18.6 Å². The Labute approximate surface area is 210 Å². The van der Waals surface area contributed by atoms with Gasteiger partial charge in [-0.05, 0) is 86.4 Å². The molecule has 4 N–H and O–H groups in total. The Bertz CT molecular complexity index is 1150. The fourth-order valence-electron chi connectivity index (χ4n) is 5.52. The highest BCUT2D eigenvalue weighted by atomic mass is 19.1. The third-order valence-corrected chi connectivity index (χ3v) is 7.68. The maximum atomic E-state index is 13.6. The molecule has 3 amide bonds. The van der Waals surface area contributed by atoms with Crippen LogP contribution in [0.25, 0.3) is 0 Å². The van der Waals surface area contributed by atoms with Gasteiger partial charge in [0.2, 0.25) is 11.8 Å². The minimum absolute atomic E-state index is 0.0459. The summed E-state index contributed by atoms with van der Waals surface area (Å²) >= 11 is 0. The third kappa shape index (κ3) is 5.28. The molecule has 2 aliphatic carbocycles. The Morgan fingerprint density at radius 1 is 1.06 bits per heavy atom. The number of amides is 3. The Kier molecular flexibility index (Phi) is 7.05. The van der Waals surface area contributed by atoms with Crippen molar-refractivity contribution in [1.29, 1.82) is 0 Å². The van der Waals surface area contributed by atoms with Crippen LogP contribution in [0.2, 0.25) is 0 Å². The van der Waals surface area contributed by atoms with Crippen molar-refractivity contribution < 1.29 is 18.8 Å². The van der Waals surface area contributed by atoms with E-state index in [0.717, 1.165) is 38.5 Å². The second kappa shape index (κ2) is 10.4. The van der Waals surface area contributed by atoms with Crippen LogP contribution < -0.4 is 21.3 Å². The molecule has 3 unspecified atom stereocenters.